The first-order valence-corrected chi connectivity index (χ1v) is 5.15. The monoisotopic (exact) mass is 301 g/mol. The van der Waals surface area contributed by atoms with Gasteiger partial charge in [0.1, 0.15) is 0 Å². The second-order valence-electron chi connectivity index (χ2n) is 3.12. The third-order valence-corrected chi connectivity index (χ3v) is 2.85. The van der Waals surface area contributed by atoms with Crippen molar-refractivity contribution in [3.63, 3.8) is 0 Å². The number of halogens is 1. The van der Waals surface area contributed by atoms with Gasteiger partial charge in [0.25, 0.3) is 0 Å². The summed E-state index contributed by atoms with van der Waals surface area (Å²) in [4.78, 5) is 10.9. The summed E-state index contributed by atoms with van der Waals surface area (Å²) in [6.07, 6.45) is 1.64. The zero-order chi connectivity index (χ0) is 10.3. The van der Waals surface area contributed by atoms with Crippen LogP contribution in [0.15, 0.2) is 24.4 Å². The molecule has 0 aliphatic carbocycles. The van der Waals surface area contributed by atoms with E-state index in [0.717, 1.165) is 14.5 Å². The smallest absolute Gasteiger partial charge is 0.337 e. The standard InChI is InChI=1S/C10H8INO2/c1-12-5-8(10(13)14)7-3-2-6(11)4-9(7)12/h2-5H,1H3,(H,13,14). The number of aromatic nitrogens is 1. The highest BCUT2D eigenvalue weighted by molar-refractivity contribution is 14.1. The third kappa shape index (κ3) is 1.39. The number of aromatic carboxylic acids is 1. The molecule has 0 saturated carbocycles. The summed E-state index contributed by atoms with van der Waals surface area (Å²) in [5, 5.41) is 9.74. The van der Waals surface area contributed by atoms with Crippen LogP contribution in [0.1, 0.15) is 10.4 Å². The average molecular weight is 301 g/mol. The Kier molecular flexibility index (Phi) is 2.22. The first kappa shape index (κ1) is 9.51. The summed E-state index contributed by atoms with van der Waals surface area (Å²) in [5.41, 5.74) is 1.31. The summed E-state index contributed by atoms with van der Waals surface area (Å²) >= 11 is 2.21. The van der Waals surface area contributed by atoms with Crippen LogP contribution < -0.4 is 0 Å². The molecule has 72 valence electrons. The lowest BCUT2D eigenvalue weighted by Gasteiger charge is -1.95. The average Bonchev–Trinajstić information content (AvgIpc) is 2.44. The minimum absolute atomic E-state index is 0.360. The highest BCUT2D eigenvalue weighted by Crippen LogP contribution is 2.22. The quantitative estimate of drug-likeness (QED) is 0.822. The van der Waals surface area contributed by atoms with E-state index < -0.39 is 5.97 Å². The molecular formula is C10H8INO2. The molecule has 0 fully saturated rings. The molecule has 0 aliphatic rings. The molecule has 3 nitrogen and oxygen atoms in total. The molecule has 14 heavy (non-hydrogen) atoms. The van der Waals surface area contributed by atoms with E-state index in [4.69, 9.17) is 5.11 Å². The Labute approximate surface area is 94.5 Å². The molecule has 0 atom stereocenters. The molecular weight excluding hydrogens is 293 g/mol. The maximum atomic E-state index is 10.9. The van der Waals surface area contributed by atoms with Gasteiger partial charge in [0.05, 0.1) is 5.56 Å². The van der Waals surface area contributed by atoms with Crippen LogP contribution >= 0.6 is 22.6 Å². The first-order chi connectivity index (χ1) is 6.59. The molecule has 1 heterocycles. The maximum Gasteiger partial charge on any atom is 0.337 e. The number of fused-ring (bicyclic) bond motifs is 1. The van der Waals surface area contributed by atoms with Crippen LogP contribution in [0.25, 0.3) is 10.9 Å². The van der Waals surface area contributed by atoms with Crippen molar-refractivity contribution >= 4 is 39.5 Å². The summed E-state index contributed by atoms with van der Waals surface area (Å²) in [6.45, 7) is 0. The van der Waals surface area contributed by atoms with E-state index in [-0.39, 0.29) is 0 Å². The summed E-state index contributed by atoms with van der Waals surface area (Å²) < 4.78 is 2.94. The van der Waals surface area contributed by atoms with Crippen LogP contribution in [0.5, 0.6) is 0 Å². The Bertz CT molecular complexity index is 516. The van der Waals surface area contributed by atoms with Crippen molar-refractivity contribution in [2.24, 2.45) is 7.05 Å². The number of nitrogens with zero attached hydrogens (tertiary/aromatic N) is 1. The number of aryl methyl sites for hydroxylation is 1. The molecule has 1 aromatic heterocycles. The van der Waals surface area contributed by atoms with Crippen molar-refractivity contribution < 1.29 is 9.90 Å². The van der Waals surface area contributed by atoms with Gasteiger partial charge in [-0.2, -0.15) is 0 Å². The topological polar surface area (TPSA) is 42.2 Å². The molecule has 0 bridgehead atoms. The molecule has 0 aliphatic heterocycles. The Balaban J connectivity index is 2.84. The molecule has 0 unspecified atom stereocenters. The fraction of sp³-hybridized carbons (Fsp3) is 0.100. The number of benzene rings is 1. The molecule has 0 amide bonds. The lowest BCUT2D eigenvalue weighted by Crippen LogP contribution is -1.93. The number of carbonyl (C=O) groups is 1. The van der Waals surface area contributed by atoms with Gasteiger partial charge in [-0.3, -0.25) is 0 Å². The molecule has 2 aromatic rings. The van der Waals surface area contributed by atoms with Crippen LogP contribution in [-0.2, 0) is 7.05 Å². The number of rotatable bonds is 1. The maximum absolute atomic E-state index is 10.9. The summed E-state index contributed by atoms with van der Waals surface area (Å²) in [6, 6.07) is 5.73. The Morgan fingerprint density at radius 2 is 2.21 bits per heavy atom. The van der Waals surface area contributed by atoms with Gasteiger partial charge in [-0.05, 0) is 34.7 Å². The van der Waals surface area contributed by atoms with Gasteiger partial charge >= 0.3 is 5.97 Å². The lowest BCUT2D eigenvalue weighted by atomic mass is 10.2. The highest BCUT2D eigenvalue weighted by Gasteiger charge is 2.12. The van der Waals surface area contributed by atoms with E-state index in [1.54, 1.807) is 6.20 Å². The summed E-state index contributed by atoms with van der Waals surface area (Å²) in [7, 11) is 1.85. The highest BCUT2D eigenvalue weighted by atomic mass is 127. The van der Waals surface area contributed by atoms with Gasteiger partial charge < -0.3 is 9.67 Å². The van der Waals surface area contributed by atoms with Crippen LogP contribution in [-0.4, -0.2) is 15.6 Å². The molecule has 1 N–H and O–H groups in total. The third-order valence-electron chi connectivity index (χ3n) is 2.18. The second-order valence-corrected chi connectivity index (χ2v) is 4.37. The number of carboxylic acid groups (broad SMARTS) is 1. The number of hydrogen-bond donors (Lipinski definition) is 1. The van der Waals surface area contributed by atoms with E-state index in [1.807, 2.05) is 29.8 Å². The van der Waals surface area contributed by atoms with Gasteiger partial charge in [-0.15, -0.1) is 0 Å². The van der Waals surface area contributed by atoms with Crippen molar-refractivity contribution in [2.45, 2.75) is 0 Å². The molecule has 2 rings (SSSR count). The Hall–Kier alpha value is -1.04. The van der Waals surface area contributed by atoms with E-state index in [0.29, 0.717) is 5.56 Å². The molecule has 1 aromatic carbocycles. The largest absolute Gasteiger partial charge is 0.478 e. The van der Waals surface area contributed by atoms with E-state index in [2.05, 4.69) is 22.6 Å². The lowest BCUT2D eigenvalue weighted by molar-refractivity contribution is 0.0699. The minimum atomic E-state index is -0.878. The van der Waals surface area contributed by atoms with Crippen LogP contribution in [0.3, 0.4) is 0 Å². The van der Waals surface area contributed by atoms with Gasteiger partial charge in [0.15, 0.2) is 0 Å². The molecule has 0 spiro atoms. The SMILES string of the molecule is Cn1cc(C(=O)O)c2ccc(I)cc21. The summed E-state index contributed by atoms with van der Waals surface area (Å²) in [5.74, 6) is -0.878. The zero-order valence-electron chi connectivity index (χ0n) is 7.49. The van der Waals surface area contributed by atoms with Crippen molar-refractivity contribution in [2.75, 3.05) is 0 Å². The van der Waals surface area contributed by atoms with Crippen LogP contribution in [0, 0.1) is 3.57 Å². The fourth-order valence-electron chi connectivity index (χ4n) is 1.53. The van der Waals surface area contributed by atoms with Crippen molar-refractivity contribution in [1.29, 1.82) is 0 Å². The van der Waals surface area contributed by atoms with Gasteiger partial charge in [0.2, 0.25) is 0 Å². The number of hydrogen-bond acceptors (Lipinski definition) is 1. The van der Waals surface area contributed by atoms with Crippen molar-refractivity contribution in [1.82, 2.24) is 4.57 Å². The molecule has 0 saturated heterocycles. The fourth-order valence-corrected chi connectivity index (χ4v) is 2.00. The zero-order valence-corrected chi connectivity index (χ0v) is 9.65. The van der Waals surface area contributed by atoms with Crippen LogP contribution in [0.2, 0.25) is 0 Å². The van der Waals surface area contributed by atoms with Gasteiger partial charge in [-0.1, -0.05) is 6.07 Å². The van der Waals surface area contributed by atoms with Crippen molar-refractivity contribution in [3.8, 4) is 0 Å². The van der Waals surface area contributed by atoms with E-state index in [9.17, 15) is 4.79 Å². The molecule has 0 radical (unpaired) electrons. The first-order valence-electron chi connectivity index (χ1n) is 4.07. The molecule has 4 heteroatoms. The van der Waals surface area contributed by atoms with Gasteiger partial charge in [-0.25, -0.2) is 4.79 Å². The second kappa shape index (κ2) is 3.27. The predicted molar refractivity (Wildman–Crippen MR) is 62.6 cm³/mol. The van der Waals surface area contributed by atoms with E-state index >= 15 is 0 Å². The predicted octanol–water partition coefficient (Wildman–Crippen LogP) is 2.48. The Morgan fingerprint density at radius 1 is 1.50 bits per heavy atom. The van der Waals surface area contributed by atoms with E-state index in [1.165, 1.54) is 0 Å². The Morgan fingerprint density at radius 3 is 2.86 bits per heavy atom. The normalized spacial score (nSPS) is 10.7. The van der Waals surface area contributed by atoms with Gasteiger partial charge in [0, 0.05) is 27.7 Å². The van der Waals surface area contributed by atoms with Crippen molar-refractivity contribution in [3.05, 3.63) is 33.5 Å². The number of carboxylic acids is 1. The van der Waals surface area contributed by atoms with Crippen LogP contribution in [0.4, 0.5) is 0 Å². The minimum Gasteiger partial charge on any atom is -0.478 e.